The molecule has 112 valence electrons. The Morgan fingerprint density at radius 2 is 2.15 bits per heavy atom. The summed E-state index contributed by atoms with van der Waals surface area (Å²) in [5.74, 6) is 0.482. The molecule has 0 N–H and O–H groups in total. The number of benzene rings is 1. The van der Waals surface area contributed by atoms with Gasteiger partial charge < -0.3 is 9.47 Å². The summed E-state index contributed by atoms with van der Waals surface area (Å²) >= 11 is 7.27. The molecule has 1 unspecified atom stereocenters. The minimum absolute atomic E-state index is 0.0996. The van der Waals surface area contributed by atoms with Crippen molar-refractivity contribution in [2.24, 2.45) is 5.92 Å². The average Bonchev–Trinajstić information content (AvgIpc) is 2.40. The predicted octanol–water partition coefficient (Wildman–Crippen LogP) is 3.98. The van der Waals surface area contributed by atoms with Crippen molar-refractivity contribution in [1.29, 1.82) is 0 Å². The van der Waals surface area contributed by atoms with E-state index in [4.69, 9.17) is 11.6 Å². The van der Waals surface area contributed by atoms with Crippen LogP contribution in [0.2, 0.25) is 5.02 Å². The molecule has 0 radical (unpaired) electrons. The third-order valence-electron chi connectivity index (χ3n) is 2.47. The van der Waals surface area contributed by atoms with Crippen LogP contribution in [0, 0.1) is 5.92 Å². The van der Waals surface area contributed by atoms with Crippen LogP contribution in [0.3, 0.4) is 0 Å². The number of alkyl halides is 2. The maximum Gasteiger partial charge on any atom is 0.387 e. The lowest BCUT2D eigenvalue weighted by atomic mass is 10.2. The number of halogens is 3. The molecular formula is C13H15ClF2O3S. The van der Waals surface area contributed by atoms with Crippen LogP contribution < -0.4 is 4.74 Å². The molecule has 1 atom stereocenters. The summed E-state index contributed by atoms with van der Waals surface area (Å²) in [4.78, 5) is 11.2. The van der Waals surface area contributed by atoms with E-state index in [2.05, 4.69) is 9.47 Å². The lowest BCUT2D eigenvalue weighted by Gasteiger charge is -2.12. The van der Waals surface area contributed by atoms with Gasteiger partial charge in [0.2, 0.25) is 0 Å². The molecule has 3 nitrogen and oxygen atoms in total. The Morgan fingerprint density at radius 3 is 2.75 bits per heavy atom. The van der Waals surface area contributed by atoms with Crippen LogP contribution in [0.5, 0.6) is 5.75 Å². The molecule has 0 fully saturated rings. The molecule has 1 rings (SSSR count). The number of ether oxygens (including phenoxy) is 2. The van der Waals surface area contributed by atoms with Crippen molar-refractivity contribution in [2.75, 3.05) is 12.9 Å². The SMILES string of the molecule is COC(=O)C(C)CSCc1cc(Cl)ccc1OC(F)F. The summed E-state index contributed by atoms with van der Waals surface area (Å²) in [7, 11) is 1.33. The number of rotatable bonds is 7. The second-order valence-corrected chi connectivity index (χ2v) is 5.54. The fourth-order valence-electron chi connectivity index (χ4n) is 1.49. The van der Waals surface area contributed by atoms with Crippen LogP contribution in [0.15, 0.2) is 18.2 Å². The molecule has 0 amide bonds. The molecule has 0 spiro atoms. The van der Waals surface area contributed by atoms with Gasteiger partial charge in [0.05, 0.1) is 13.0 Å². The lowest BCUT2D eigenvalue weighted by Crippen LogP contribution is -2.15. The second-order valence-electron chi connectivity index (χ2n) is 4.07. The Labute approximate surface area is 125 Å². The minimum atomic E-state index is -2.88. The molecule has 1 aromatic carbocycles. The standard InChI is InChI=1S/C13H15ClF2O3S/c1-8(12(17)18-2)6-20-7-9-5-10(14)3-4-11(9)19-13(15)16/h3-5,8,13H,6-7H2,1-2H3. The fourth-order valence-corrected chi connectivity index (χ4v) is 2.73. The summed E-state index contributed by atoms with van der Waals surface area (Å²) < 4.78 is 33.6. The van der Waals surface area contributed by atoms with Crippen molar-refractivity contribution in [1.82, 2.24) is 0 Å². The van der Waals surface area contributed by atoms with Gasteiger partial charge in [-0.3, -0.25) is 4.79 Å². The first kappa shape index (κ1) is 17.0. The fraction of sp³-hybridized carbons (Fsp3) is 0.462. The lowest BCUT2D eigenvalue weighted by molar-refractivity contribution is -0.144. The van der Waals surface area contributed by atoms with Crippen molar-refractivity contribution in [3.8, 4) is 5.75 Å². The van der Waals surface area contributed by atoms with Gasteiger partial charge in [0.25, 0.3) is 0 Å². The topological polar surface area (TPSA) is 35.5 Å². The molecule has 0 heterocycles. The number of hydrogen-bond acceptors (Lipinski definition) is 4. The molecule has 0 aliphatic carbocycles. The summed E-state index contributed by atoms with van der Waals surface area (Å²) in [5.41, 5.74) is 0.569. The zero-order chi connectivity index (χ0) is 15.1. The van der Waals surface area contributed by atoms with Gasteiger partial charge in [-0.25, -0.2) is 0 Å². The molecule has 0 bridgehead atoms. The number of methoxy groups -OCH3 is 1. The van der Waals surface area contributed by atoms with Crippen molar-refractivity contribution < 1.29 is 23.0 Å². The van der Waals surface area contributed by atoms with E-state index in [-0.39, 0.29) is 17.6 Å². The Hall–Kier alpha value is -1.01. The molecule has 0 aliphatic rings. The molecule has 0 aromatic heterocycles. The monoisotopic (exact) mass is 324 g/mol. The quantitative estimate of drug-likeness (QED) is 0.711. The Kier molecular flexibility index (Phi) is 7.09. The predicted molar refractivity (Wildman–Crippen MR) is 75.4 cm³/mol. The number of carbonyl (C=O) groups excluding carboxylic acids is 1. The van der Waals surface area contributed by atoms with E-state index in [1.807, 2.05) is 0 Å². The highest BCUT2D eigenvalue weighted by Gasteiger charge is 2.14. The van der Waals surface area contributed by atoms with Gasteiger partial charge in [-0.05, 0) is 18.2 Å². The molecule has 1 aromatic rings. The van der Waals surface area contributed by atoms with Crippen LogP contribution in [-0.2, 0) is 15.3 Å². The van der Waals surface area contributed by atoms with Crippen LogP contribution in [-0.4, -0.2) is 25.4 Å². The smallest absolute Gasteiger partial charge is 0.387 e. The third-order valence-corrected chi connectivity index (χ3v) is 3.95. The van der Waals surface area contributed by atoms with E-state index in [0.29, 0.717) is 22.1 Å². The van der Waals surface area contributed by atoms with Gasteiger partial charge >= 0.3 is 12.6 Å². The molecule has 0 saturated carbocycles. The Morgan fingerprint density at radius 1 is 1.45 bits per heavy atom. The summed E-state index contributed by atoms with van der Waals surface area (Å²) in [6.07, 6.45) is 0. The van der Waals surface area contributed by atoms with Crippen LogP contribution in [0.1, 0.15) is 12.5 Å². The van der Waals surface area contributed by atoms with Crippen LogP contribution >= 0.6 is 23.4 Å². The highest BCUT2D eigenvalue weighted by Crippen LogP contribution is 2.28. The summed E-state index contributed by atoms with van der Waals surface area (Å²) in [6.45, 7) is -1.14. The first-order valence-corrected chi connectivity index (χ1v) is 7.36. The van der Waals surface area contributed by atoms with Gasteiger partial charge in [-0.15, -0.1) is 0 Å². The largest absolute Gasteiger partial charge is 0.469 e. The third kappa shape index (κ3) is 5.54. The normalized spacial score (nSPS) is 12.3. The maximum atomic E-state index is 12.3. The minimum Gasteiger partial charge on any atom is -0.469 e. The molecular weight excluding hydrogens is 310 g/mol. The first-order valence-electron chi connectivity index (χ1n) is 5.82. The number of hydrogen-bond donors (Lipinski definition) is 0. The second kappa shape index (κ2) is 8.32. The van der Waals surface area contributed by atoms with Crippen molar-refractivity contribution >= 4 is 29.3 Å². The number of esters is 1. The number of carbonyl (C=O) groups is 1. The van der Waals surface area contributed by atoms with E-state index in [0.717, 1.165) is 0 Å². The Bertz CT molecular complexity index is 457. The zero-order valence-corrected chi connectivity index (χ0v) is 12.6. The van der Waals surface area contributed by atoms with E-state index in [9.17, 15) is 13.6 Å². The van der Waals surface area contributed by atoms with Gasteiger partial charge in [0.15, 0.2) is 0 Å². The first-order chi connectivity index (χ1) is 9.43. The van der Waals surface area contributed by atoms with Gasteiger partial charge in [-0.1, -0.05) is 18.5 Å². The maximum absolute atomic E-state index is 12.3. The van der Waals surface area contributed by atoms with Gasteiger partial charge in [-0.2, -0.15) is 20.5 Å². The number of thioether (sulfide) groups is 1. The van der Waals surface area contributed by atoms with E-state index in [1.54, 1.807) is 13.0 Å². The van der Waals surface area contributed by atoms with Crippen LogP contribution in [0.4, 0.5) is 8.78 Å². The van der Waals surface area contributed by atoms with Crippen molar-refractivity contribution in [3.05, 3.63) is 28.8 Å². The summed E-state index contributed by atoms with van der Waals surface area (Å²) in [5, 5.41) is 0.447. The molecule has 20 heavy (non-hydrogen) atoms. The Balaban J connectivity index is 2.62. The van der Waals surface area contributed by atoms with E-state index < -0.39 is 6.61 Å². The zero-order valence-electron chi connectivity index (χ0n) is 11.1. The molecule has 0 saturated heterocycles. The van der Waals surface area contributed by atoms with Crippen molar-refractivity contribution in [3.63, 3.8) is 0 Å². The highest BCUT2D eigenvalue weighted by atomic mass is 35.5. The van der Waals surface area contributed by atoms with Gasteiger partial charge in [0, 0.05) is 22.1 Å². The van der Waals surface area contributed by atoms with E-state index in [1.165, 1.54) is 31.0 Å². The van der Waals surface area contributed by atoms with Crippen LogP contribution in [0.25, 0.3) is 0 Å². The summed E-state index contributed by atoms with van der Waals surface area (Å²) in [6, 6.07) is 4.48. The average molecular weight is 325 g/mol. The molecule has 0 aliphatic heterocycles. The van der Waals surface area contributed by atoms with E-state index >= 15 is 0 Å². The highest BCUT2D eigenvalue weighted by molar-refractivity contribution is 7.98. The van der Waals surface area contributed by atoms with Crippen molar-refractivity contribution in [2.45, 2.75) is 19.3 Å². The molecule has 7 heteroatoms. The van der Waals surface area contributed by atoms with Gasteiger partial charge in [0.1, 0.15) is 5.75 Å².